The topological polar surface area (TPSA) is 63.6 Å². The molecule has 0 aromatic heterocycles. The second-order valence-electron chi connectivity index (χ2n) is 13.0. The van der Waals surface area contributed by atoms with Gasteiger partial charge in [0.1, 0.15) is 11.9 Å². The minimum atomic E-state index is -0.705. The number of esters is 1. The Kier molecular flexibility index (Phi) is 4.65. The van der Waals surface area contributed by atoms with Crippen LogP contribution in [0.1, 0.15) is 92.9 Å². The first-order valence-corrected chi connectivity index (χ1v) is 12.9. The summed E-state index contributed by atoms with van der Waals surface area (Å²) in [4.78, 5) is 27.0. The summed E-state index contributed by atoms with van der Waals surface area (Å²) in [6.45, 7) is 13.6. The van der Waals surface area contributed by atoms with Crippen LogP contribution in [-0.4, -0.2) is 29.1 Å². The summed E-state index contributed by atoms with van der Waals surface area (Å²) in [5, 5.41) is 11.2. The van der Waals surface area contributed by atoms with Gasteiger partial charge in [-0.2, -0.15) is 0 Å². The Hall–Kier alpha value is -0.900. The van der Waals surface area contributed by atoms with E-state index in [1.807, 2.05) is 6.92 Å². The van der Waals surface area contributed by atoms with E-state index >= 15 is 0 Å². The smallest absolute Gasteiger partial charge is 0.310 e. The molecule has 1 N–H and O–H groups in total. The molecule has 174 valence electrons. The zero-order valence-electron chi connectivity index (χ0n) is 20.4. The van der Waals surface area contributed by atoms with Crippen molar-refractivity contribution in [2.45, 2.75) is 105 Å². The zero-order valence-corrected chi connectivity index (χ0v) is 20.4. The molecule has 0 radical (unpaired) electrons. The van der Waals surface area contributed by atoms with Crippen LogP contribution in [0.4, 0.5) is 0 Å². The lowest BCUT2D eigenvalue weighted by Crippen LogP contribution is -2.68. The Morgan fingerprint density at radius 3 is 2.35 bits per heavy atom. The molecule has 5 fully saturated rings. The molecule has 0 unspecified atom stereocenters. The molecule has 0 aromatic rings. The Morgan fingerprint density at radius 1 is 1.00 bits per heavy atom. The van der Waals surface area contributed by atoms with Crippen molar-refractivity contribution >= 4 is 11.8 Å². The van der Waals surface area contributed by atoms with Gasteiger partial charge in [0.05, 0.1) is 12.0 Å². The monoisotopic (exact) mass is 430 g/mol. The molecule has 0 amide bonds. The van der Waals surface area contributed by atoms with Gasteiger partial charge in [-0.15, -0.1) is 0 Å². The van der Waals surface area contributed by atoms with Crippen molar-refractivity contribution < 1.29 is 19.4 Å². The first-order valence-electron chi connectivity index (χ1n) is 12.9. The average molecular weight is 431 g/mol. The molecular formula is C27H42O4. The number of Topliss-reactive ketones (excluding diaryl/α,β-unsaturated/α-hetero) is 1. The van der Waals surface area contributed by atoms with Gasteiger partial charge in [0.2, 0.25) is 0 Å². The number of ether oxygens (including phenoxy) is 1. The van der Waals surface area contributed by atoms with Crippen molar-refractivity contribution in [2.75, 3.05) is 0 Å². The van der Waals surface area contributed by atoms with Gasteiger partial charge in [-0.25, -0.2) is 0 Å². The summed E-state index contributed by atoms with van der Waals surface area (Å²) in [6, 6.07) is 0. The highest BCUT2D eigenvalue weighted by Gasteiger charge is 2.73. The van der Waals surface area contributed by atoms with E-state index in [2.05, 4.69) is 34.6 Å². The Labute approximate surface area is 187 Å². The van der Waals surface area contributed by atoms with E-state index in [0.29, 0.717) is 30.1 Å². The third kappa shape index (κ3) is 2.52. The number of aliphatic hydroxyl groups excluding tert-OH is 1. The quantitative estimate of drug-likeness (QED) is 0.584. The van der Waals surface area contributed by atoms with Crippen LogP contribution in [0.15, 0.2) is 0 Å². The number of aliphatic hydroxyl groups is 1. The number of carbonyl (C=O) groups is 2. The summed E-state index contributed by atoms with van der Waals surface area (Å²) in [5.41, 5.74) is -0.195. The lowest BCUT2D eigenvalue weighted by atomic mass is 9.34. The molecule has 0 spiro atoms. The van der Waals surface area contributed by atoms with Gasteiger partial charge in [0, 0.05) is 17.8 Å². The lowest BCUT2D eigenvalue weighted by molar-refractivity contribution is -0.220. The zero-order chi connectivity index (χ0) is 22.6. The largest absolute Gasteiger partial charge is 0.462 e. The standard InChI is InChI=1S/C27H42O4/c1-7-24(3)10-8-11-25(4)17(24)9-12-26(5)18(25)14-20(29)27(6)19(26)13-16(28)21-15(2)31-23(30)22(21)27/h15-19,21-22,28H,7-14H2,1-6H3/t15-,16-,17-,18+,19-,21+,22+,24-,25-,26+,27+/m0/s1. The van der Waals surface area contributed by atoms with Crippen molar-refractivity contribution in [3.8, 4) is 0 Å². The molecule has 4 nitrogen and oxygen atoms in total. The maximum absolute atomic E-state index is 14.0. The third-order valence-corrected chi connectivity index (χ3v) is 12.0. The molecule has 4 saturated carbocycles. The lowest BCUT2D eigenvalue weighted by Gasteiger charge is -2.69. The fourth-order valence-corrected chi connectivity index (χ4v) is 10.3. The molecule has 1 aliphatic heterocycles. The van der Waals surface area contributed by atoms with Crippen LogP contribution in [0.2, 0.25) is 0 Å². The third-order valence-electron chi connectivity index (χ3n) is 12.0. The minimum Gasteiger partial charge on any atom is -0.462 e. The molecule has 1 heterocycles. The first-order chi connectivity index (χ1) is 14.4. The summed E-state index contributed by atoms with van der Waals surface area (Å²) >= 11 is 0. The Bertz CT molecular complexity index is 807. The summed E-state index contributed by atoms with van der Waals surface area (Å²) in [6.07, 6.45) is 7.63. The van der Waals surface area contributed by atoms with Gasteiger partial charge in [-0.05, 0) is 73.0 Å². The van der Waals surface area contributed by atoms with E-state index in [9.17, 15) is 14.7 Å². The van der Waals surface area contributed by atoms with Crippen LogP contribution < -0.4 is 0 Å². The highest BCUT2D eigenvalue weighted by atomic mass is 16.6. The van der Waals surface area contributed by atoms with Crippen molar-refractivity contribution in [2.24, 2.45) is 51.2 Å². The molecule has 0 aromatic carbocycles. The predicted molar refractivity (Wildman–Crippen MR) is 119 cm³/mol. The molecule has 5 rings (SSSR count). The summed E-state index contributed by atoms with van der Waals surface area (Å²) < 4.78 is 5.61. The Balaban J connectivity index is 1.59. The second kappa shape index (κ2) is 6.58. The average Bonchev–Trinajstić information content (AvgIpc) is 3.01. The number of hydrogen-bond acceptors (Lipinski definition) is 4. The van der Waals surface area contributed by atoms with E-state index in [4.69, 9.17) is 4.74 Å². The van der Waals surface area contributed by atoms with E-state index in [-0.39, 0.29) is 40.5 Å². The van der Waals surface area contributed by atoms with Crippen molar-refractivity contribution in [3.05, 3.63) is 0 Å². The van der Waals surface area contributed by atoms with Crippen LogP contribution >= 0.6 is 0 Å². The van der Waals surface area contributed by atoms with Crippen molar-refractivity contribution in [1.82, 2.24) is 0 Å². The highest BCUT2D eigenvalue weighted by Crippen LogP contribution is 2.73. The van der Waals surface area contributed by atoms with Crippen molar-refractivity contribution in [1.29, 1.82) is 0 Å². The van der Waals surface area contributed by atoms with Gasteiger partial charge < -0.3 is 9.84 Å². The molecular weight excluding hydrogens is 388 g/mol. The fourth-order valence-electron chi connectivity index (χ4n) is 10.3. The molecule has 4 aliphatic carbocycles. The van der Waals surface area contributed by atoms with Gasteiger partial charge in [-0.1, -0.05) is 47.5 Å². The Morgan fingerprint density at radius 2 is 1.68 bits per heavy atom. The van der Waals surface area contributed by atoms with Gasteiger partial charge in [0.15, 0.2) is 0 Å². The van der Waals surface area contributed by atoms with Gasteiger partial charge in [0.25, 0.3) is 0 Å². The number of rotatable bonds is 1. The maximum Gasteiger partial charge on any atom is 0.310 e. The fraction of sp³-hybridized carbons (Fsp3) is 0.926. The molecule has 4 heteroatoms. The normalized spacial score (nSPS) is 58.6. The van der Waals surface area contributed by atoms with Crippen LogP contribution in [0.3, 0.4) is 0 Å². The number of hydrogen-bond donors (Lipinski definition) is 1. The van der Waals surface area contributed by atoms with Crippen LogP contribution in [0.5, 0.6) is 0 Å². The predicted octanol–water partition coefficient (Wildman–Crippen LogP) is 5.16. The van der Waals surface area contributed by atoms with E-state index < -0.39 is 17.4 Å². The maximum atomic E-state index is 14.0. The second-order valence-corrected chi connectivity index (χ2v) is 13.0. The van der Waals surface area contributed by atoms with Gasteiger partial charge in [-0.3, -0.25) is 9.59 Å². The van der Waals surface area contributed by atoms with E-state index in [1.165, 1.54) is 32.1 Å². The highest BCUT2D eigenvalue weighted by molar-refractivity contribution is 5.93. The molecule has 1 saturated heterocycles. The molecule has 31 heavy (non-hydrogen) atoms. The number of ketones is 1. The van der Waals surface area contributed by atoms with Crippen LogP contribution in [0, 0.1) is 51.2 Å². The summed E-state index contributed by atoms with van der Waals surface area (Å²) in [7, 11) is 0. The van der Waals surface area contributed by atoms with E-state index in [0.717, 1.165) is 6.42 Å². The van der Waals surface area contributed by atoms with Crippen LogP contribution in [0.25, 0.3) is 0 Å². The van der Waals surface area contributed by atoms with Crippen molar-refractivity contribution in [3.63, 3.8) is 0 Å². The summed E-state index contributed by atoms with van der Waals surface area (Å²) in [5.74, 6) is 0.324. The number of fused-ring (bicyclic) bond motifs is 7. The SMILES string of the molecule is CC[C@@]1(C)CCC[C@]2(C)[C@H]3CC(=O)[C@]4(C)[C@H]5C(=O)O[C@@H](C)[C@@H]5[C@@H](O)C[C@H]4[C@]3(C)CC[C@@H]12. The van der Waals surface area contributed by atoms with Crippen LogP contribution in [-0.2, 0) is 14.3 Å². The van der Waals surface area contributed by atoms with Gasteiger partial charge >= 0.3 is 5.97 Å². The first kappa shape index (κ1) is 21.9. The number of cyclic esters (lactones) is 1. The molecule has 5 aliphatic rings. The van der Waals surface area contributed by atoms with E-state index in [1.54, 1.807) is 0 Å². The molecule has 0 bridgehead atoms. The minimum absolute atomic E-state index is 0.0159. The number of carbonyl (C=O) groups excluding carboxylic acids is 2. The molecule has 11 atom stereocenters.